The summed E-state index contributed by atoms with van der Waals surface area (Å²) < 4.78 is 1.94. The second-order valence-corrected chi connectivity index (χ2v) is 3.29. The van der Waals surface area contributed by atoms with Gasteiger partial charge >= 0.3 is 55.7 Å². The van der Waals surface area contributed by atoms with Crippen LogP contribution < -0.4 is 5.73 Å². The minimum atomic E-state index is -0.442. The van der Waals surface area contributed by atoms with Crippen molar-refractivity contribution in [3.63, 3.8) is 0 Å². The molecule has 0 spiro atoms. The first kappa shape index (κ1) is 12.0. The molecule has 1 aromatic heterocycles. The van der Waals surface area contributed by atoms with Crippen LogP contribution in [0.1, 0.15) is 10.4 Å². The van der Waals surface area contributed by atoms with Crippen LogP contribution in [0.5, 0.6) is 0 Å². The molecule has 4 heteroatoms. The fourth-order valence-corrected chi connectivity index (χ4v) is 0.509. The van der Waals surface area contributed by atoms with Crippen molar-refractivity contribution in [3.8, 4) is 0 Å². The molecular formula is C8H9KN2O. The largest absolute Gasteiger partial charge is 0.366 e. The molecule has 0 aliphatic heterocycles. The van der Waals surface area contributed by atoms with Crippen LogP contribution in [0.25, 0.3) is 0 Å². The number of rotatable bonds is 1. The van der Waals surface area contributed by atoms with Crippen molar-refractivity contribution in [3.05, 3.63) is 36.8 Å². The summed E-state index contributed by atoms with van der Waals surface area (Å²) in [7, 11) is 0. The molecule has 0 saturated carbocycles. The van der Waals surface area contributed by atoms with E-state index in [1.165, 1.54) is 6.20 Å². The molecule has 0 aliphatic rings. The van der Waals surface area contributed by atoms with Crippen LogP contribution >= 0.6 is 0 Å². The molecule has 1 aromatic rings. The topological polar surface area (TPSA) is 56.0 Å². The molecule has 0 aromatic carbocycles. The van der Waals surface area contributed by atoms with Gasteiger partial charge in [-0.2, -0.15) is 0 Å². The zero-order valence-corrected chi connectivity index (χ0v) is 10.1. The smallest absolute Gasteiger partial charge is 0.250 e. The maximum atomic E-state index is 10.4. The number of aromatic nitrogens is 1. The fraction of sp³-hybridized carbons (Fsp3) is 0. The van der Waals surface area contributed by atoms with E-state index in [0.717, 1.165) is 49.0 Å². The Hall–Kier alpha value is -0.00364. The molecule has 3 nitrogen and oxygen atoms in total. The van der Waals surface area contributed by atoms with Crippen LogP contribution in [0.3, 0.4) is 0 Å². The average Bonchev–Trinajstić information content (AvgIpc) is 2.07. The summed E-state index contributed by atoms with van der Waals surface area (Å²) in [6.45, 7) is 3.44. The minimum Gasteiger partial charge on any atom is -0.366 e. The number of pyridine rings is 1. The molecule has 12 heavy (non-hydrogen) atoms. The van der Waals surface area contributed by atoms with Gasteiger partial charge in [0, 0.05) is 12.4 Å². The Morgan fingerprint density at radius 2 is 2.33 bits per heavy atom. The predicted octanol–water partition coefficient (Wildman–Crippen LogP) is 0.479. The van der Waals surface area contributed by atoms with Gasteiger partial charge in [0.1, 0.15) is 0 Å². The van der Waals surface area contributed by atoms with Crippen molar-refractivity contribution in [1.82, 2.24) is 4.98 Å². The Morgan fingerprint density at radius 1 is 1.75 bits per heavy atom. The molecule has 0 saturated heterocycles. The van der Waals surface area contributed by atoms with Crippen LogP contribution in [0, 0.1) is 0 Å². The molecule has 0 unspecified atom stereocenters. The van der Waals surface area contributed by atoms with Crippen molar-refractivity contribution in [2.24, 2.45) is 5.73 Å². The molecule has 2 N–H and O–H groups in total. The van der Waals surface area contributed by atoms with Gasteiger partial charge in [0.05, 0.1) is 5.56 Å². The number of primary amides is 1. The van der Waals surface area contributed by atoms with Crippen LogP contribution in [0.2, 0.25) is 0 Å². The first-order valence-electron chi connectivity index (χ1n) is 3.49. The molecule has 1 amide bonds. The summed E-state index contributed by atoms with van der Waals surface area (Å²) in [6.07, 6.45) is 3.02. The molecule has 0 atom stereocenters. The van der Waals surface area contributed by atoms with Crippen molar-refractivity contribution in [2.45, 2.75) is 0 Å². The fourth-order valence-electron chi connectivity index (χ4n) is 0.509. The third kappa shape index (κ3) is 5.62. The van der Waals surface area contributed by atoms with Crippen molar-refractivity contribution < 1.29 is 4.79 Å². The van der Waals surface area contributed by atoms with E-state index in [9.17, 15) is 4.79 Å². The minimum absolute atomic E-state index is 0.442. The molecule has 1 rings (SSSR count). The summed E-state index contributed by atoms with van der Waals surface area (Å²) in [6, 6.07) is 3.29. The van der Waals surface area contributed by atoms with Gasteiger partial charge in [0.25, 0.3) is 0 Å². The van der Waals surface area contributed by atoms with E-state index in [-0.39, 0.29) is 0 Å². The third-order valence-electron chi connectivity index (χ3n) is 0.946. The van der Waals surface area contributed by atoms with Gasteiger partial charge < -0.3 is 5.73 Å². The molecule has 0 radical (unpaired) electrons. The van der Waals surface area contributed by atoms with E-state index in [2.05, 4.69) is 11.6 Å². The maximum Gasteiger partial charge on any atom is 0.250 e. The monoisotopic (exact) mass is 188 g/mol. The van der Waals surface area contributed by atoms with Gasteiger partial charge in [0.2, 0.25) is 5.91 Å². The molecule has 1 heterocycles. The summed E-state index contributed by atoms with van der Waals surface area (Å²) in [4.78, 5) is 14.1. The van der Waals surface area contributed by atoms with Gasteiger partial charge in [-0.3, -0.25) is 9.78 Å². The van der Waals surface area contributed by atoms with E-state index in [1.54, 1.807) is 18.3 Å². The van der Waals surface area contributed by atoms with Gasteiger partial charge in [-0.1, -0.05) is 0 Å². The summed E-state index contributed by atoms with van der Waals surface area (Å²) in [5.74, 6) is -0.442. The van der Waals surface area contributed by atoms with E-state index < -0.39 is 5.91 Å². The number of amides is 1. The van der Waals surface area contributed by atoms with Gasteiger partial charge in [-0.25, -0.2) is 0 Å². The Kier molecular flexibility index (Phi) is 7.63. The first-order chi connectivity index (χ1) is 5.72. The molecule has 0 fully saturated rings. The van der Waals surface area contributed by atoms with E-state index in [4.69, 9.17) is 5.73 Å². The number of carbonyl (C=O) groups excluding carboxylic acids is 1. The molecule has 0 aliphatic carbocycles. The second kappa shape index (κ2) is 7.64. The molecular weight excluding hydrogens is 179 g/mol. The number of hydrogen-bond acceptors (Lipinski definition) is 2. The van der Waals surface area contributed by atoms with Crippen molar-refractivity contribution in [1.29, 1.82) is 0 Å². The first-order valence-corrected chi connectivity index (χ1v) is 5.29. The Bertz CT molecular complexity index is 248. The number of nitrogens with zero attached hydrogens (tertiary/aromatic N) is 1. The average molecular weight is 188 g/mol. The number of hydrogen-bond donors (Lipinski definition) is 1. The summed E-state index contributed by atoms with van der Waals surface area (Å²) in [5, 5.41) is 0. The molecule has 58 valence electrons. The van der Waals surface area contributed by atoms with Gasteiger partial charge in [0.15, 0.2) is 0 Å². The summed E-state index contributed by atoms with van der Waals surface area (Å²) in [5.41, 5.74) is 5.38. The number of carbonyl (C=O) groups is 1. The van der Waals surface area contributed by atoms with E-state index in [0.29, 0.717) is 5.56 Å². The van der Waals surface area contributed by atoms with Crippen LogP contribution in [-0.4, -0.2) is 59.8 Å². The number of nitrogens with two attached hydrogens (primary N) is 1. The van der Waals surface area contributed by atoms with E-state index >= 15 is 0 Å². The van der Waals surface area contributed by atoms with Crippen LogP contribution in [-0.2, 0) is 0 Å². The normalized spacial score (nSPS) is 7.83. The van der Waals surface area contributed by atoms with Crippen LogP contribution in [0.15, 0.2) is 31.3 Å². The zero-order chi connectivity index (χ0) is 9.40. The zero-order valence-electron chi connectivity index (χ0n) is 7.03. The molecule has 0 bridgehead atoms. The van der Waals surface area contributed by atoms with Crippen molar-refractivity contribution >= 4 is 54.9 Å². The van der Waals surface area contributed by atoms with Gasteiger partial charge in [-0.05, 0) is 12.1 Å². The maximum absolute atomic E-state index is 10.4. The van der Waals surface area contributed by atoms with E-state index in [1.807, 2.05) is 0.171 Å². The van der Waals surface area contributed by atoms with Gasteiger partial charge in [-0.15, -0.1) is 0 Å². The Morgan fingerprint density at radius 3 is 2.58 bits per heavy atom. The standard InChI is InChI=1S/C6H6N2O.C2H3.K/c7-6(9)5-2-1-3-8-4-5;1-2;/h1-4H,(H2,7,9);1H,2H2;. The summed E-state index contributed by atoms with van der Waals surface area (Å²) >= 11 is 0.868. The predicted molar refractivity (Wildman–Crippen MR) is 48.7 cm³/mol. The van der Waals surface area contributed by atoms with Crippen LogP contribution in [0.4, 0.5) is 0 Å². The quantitative estimate of drug-likeness (QED) is 0.652. The van der Waals surface area contributed by atoms with Crippen molar-refractivity contribution in [2.75, 3.05) is 0 Å². The Balaban J connectivity index is 0.000000354. The Labute approximate surface area is 106 Å². The second-order valence-electron chi connectivity index (χ2n) is 2.01. The SMILES string of the molecule is C=[CH][K].NC(=O)c1cccnc1. The third-order valence-corrected chi connectivity index (χ3v) is 0.946.